The number of nitrogens with zero attached hydrogens (tertiary/aromatic N) is 7. The molecule has 0 aliphatic carbocycles. The number of hydrogen-bond donors (Lipinski definition) is 0. The van der Waals surface area contributed by atoms with Crippen LogP contribution in [0, 0.1) is 11.3 Å². The molecule has 0 spiro atoms. The first-order chi connectivity index (χ1) is 35.7. The summed E-state index contributed by atoms with van der Waals surface area (Å²) < 4.78 is 6.68. The lowest BCUT2D eigenvalue weighted by atomic mass is 10.1. The fraction of sp³-hybridized carbons (Fsp3) is 0. The van der Waals surface area contributed by atoms with Gasteiger partial charge in [-0.15, -0.1) is 0 Å². The Labute approximate surface area is 415 Å². The minimum atomic E-state index is -2.92. The molecule has 14 rings (SSSR count). The molecule has 4 aromatic heterocycles. The highest BCUT2D eigenvalue weighted by Gasteiger charge is 2.41. The summed E-state index contributed by atoms with van der Waals surface area (Å²) in [5.41, 5.74) is 8.63. The van der Waals surface area contributed by atoms with Crippen molar-refractivity contribution in [1.82, 2.24) is 28.7 Å². The van der Waals surface area contributed by atoms with Crippen LogP contribution in [-0.2, 0) is 0 Å². The second-order valence-electron chi connectivity index (χ2n) is 18.3. The third-order valence-electron chi connectivity index (χ3n) is 14.5. The molecule has 4 heterocycles. The number of nitriles is 1. The Kier molecular flexibility index (Phi) is 9.46. The summed E-state index contributed by atoms with van der Waals surface area (Å²) in [7, 11) is -2.92. The van der Waals surface area contributed by atoms with Gasteiger partial charge in [-0.3, -0.25) is 9.13 Å². The Morgan fingerprint density at radius 2 is 0.722 bits per heavy atom. The molecule has 0 saturated heterocycles. The van der Waals surface area contributed by atoms with Crippen LogP contribution >= 0.6 is 0 Å². The average Bonchev–Trinajstić information content (AvgIpc) is 4.09. The summed E-state index contributed by atoms with van der Waals surface area (Å²) in [6.45, 7) is 0. The summed E-state index contributed by atoms with van der Waals surface area (Å²) in [6.07, 6.45) is 0. The number of para-hydroxylation sites is 4. The Morgan fingerprint density at radius 1 is 0.319 bits per heavy atom. The molecule has 0 N–H and O–H groups in total. The molecule has 0 bridgehead atoms. The summed E-state index contributed by atoms with van der Waals surface area (Å²) in [6, 6.07) is 90.8. The van der Waals surface area contributed by atoms with Gasteiger partial charge in [-0.1, -0.05) is 188 Å². The van der Waals surface area contributed by atoms with Crippen LogP contribution in [0.1, 0.15) is 5.56 Å². The maximum atomic E-state index is 10.0. The van der Waals surface area contributed by atoms with E-state index in [0.717, 1.165) is 65.9 Å². The van der Waals surface area contributed by atoms with E-state index in [1.165, 1.54) is 31.5 Å². The minimum absolute atomic E-state index is 0.474. The molecule has 8 heteroatoms. The number of hydrogen-bond acceptors (Lipinski definition) is 4. The lowest BCUT2D eigenvalue weighted by Gasteiger charge is -2.34. The van der Waals surface area contributed by atoms with Gasteiger partial charge in [0.05, 0.1) is 44.7 Å². The van der Waals surface area contributed by atoms with E-state index < -0.39 is 8.07 Å². The van der Waals surface area contributed by atoms with E-state index in [2.05, 4.69) is 238 Å². The van der Waals surface area contributed by atoms with Crippen LogP contribution in [0.25, 0.3) is 94.4 Å². The van der Waals surface area contributed by atoms with Gasteiger partial charge in [0.2, 0.25) is 11.9 Å². The van der Waals surface area contributed by atoms with Crippen LogP contribution < -0.4 is 20.7 Å². The number of benzene rings is 10. The Bertz CT molecular complexity index is 4320. The average molecular weight is 936 g/mol. The van der Waals surface area contributed by atoms with Gasteiger partial charge in [0.25, 0.3) is 0 Å². The predicted octanol–water partition coefficient (Wildman–Crippen LogP) is 12.1. The zero-order chi connectivity index (χ0) is 47.8. The zero-order valence-corrected chi connectivity index (χ0v) is 39.8. The van der Waals surface area contributed by atoms with Gasteiger partial charge in [-0.25, -0.2) is 0 Å². The summed E-state index contributed by atoms with van der Waals surface area (Å²) in [5.74, 6) is 1.51. The van der Waals surface area contributed by atoms with Crippen molar-refractivity contribution in [2.75, 3.05) is 0 Å². The zero-order valence-electron chi connectivity index (χ0n) is 38.8. The lowest BCUT2D eigenvalue weighted by Crippen LogP contribution is -2.74. The van der Waals surface area contributed by atoms with Crippen LogP contribution in [0.3, 0.4) is 0 Å². The molecule has 0 unspecified atom stereocenters. The Morgan fingerprint density at radius 3 is 1.22 bits per heavy atom. The van der Waals surface area contributed by atoms with Crippen LogP contribution in [0.2, 0.25) is 0 Å². The molecular formula is C64H41N7Si. The molecule has 10 aromatic carbocycles. The van der Waals surface area contributed by atoms with E-state index in [-0.39, 0.29) is 0 Å². The van der Waals surface area contributed by atoms with Crippen molar-refractivity contribution in [2.45, 2.75) is 0 Å². The van der Waals surface area contributed by atoms with Gasteiger partial charge in [0.1, 0.15) is 0 Å². The molecule has 336 valence electrons. The minimum Gasteiger partial charge on any atom is -0.309 e. The topological polar surface area (TPSA) is 77.2 Å². The first-order valence-corrected chi connectivity index (χ1v) is 26.2. The summed E-state index contributed by atoms with van der Waals surface area (Å²) in [5, 5.41) is 21.7. The highest BCUT2D eigenvalue weighted by Crippen LogP contribution is 2.38. The highest BCUT2D eigenvalue weighted by molar-refractivity contribution is 7.19. The second-order valence-corrected chi connectivity index (χ2v) is 22.1. The van der Waals surface area contributed by atoms with Crippen molar-refractivity contribution in [2.24, 2.45) is 0 Å². The molecule has 0 amide bonds. The number of fused-ring (bicyclic) bond motifs is 9. The third kappa shape index (κ3) is 6.25. The van der Waals surface area contributed by atoms with Crippen molar-refractivity contribution in [3.8, 4) is 35.0 Å². The molecule has 0 atom stereocenters. The largest absolute Gasteiger partial charge is 0.309 e. The smallest absolute Gasteiger partial charge is 0.240 e. The Balaban J connectivity index is 1.05. The standard InChI is InChI=1S/C64H41N7Si/c65-42-43-35-37-60-54(39-43)52-29-12-16-33-58(52)70(60)63-66-62(44-19-18-26-49(40-44)72(46-20-4-1-5-21-46,47-22-6-2-7-23-47)48-24-8-3-9-25-48)67-64(68-63)71-59-34-17-13-30-53(59)55-41-45(36-38-61(55)71)69-56-31-14-10-27-50(56)51-28-11-15-32-57(51)69/h1-41H. The van der Waals surface area contributed by atoms with Gasteiger partial charge in [-0.2, -0.15) is 20.2 Å². The quantitative estimate of drug-likeness (QED) is 0.112. The SMILES string of the molecule is N#Cc1ccc2c(c1)c1ccccc1n2-c1nc(-c2cccc([Si](c3ccccc3)(c3ccccc3)c3ccccc3)c2)nc(-n2c3ccccc3c3cc(-n4c5ccccc5c5ccccc54)ccc32)n1. The molecule has 0 radical (unpaired) electrons. The molecule has 0 aliphatic rings. The van der Waals surface area contributed by atoms with Crippen molar-refractivity contribution < 1.29 is 0 Å². The van der Waals surface area contributed by atoms with Crippen molar-refractivity contribution in [3.05, 3.63) is 254 Å². The van der Waals surface area contributed by atoms with E-state index >= 15 is 0 Å². The van der Waals surface area contributed by atoms with Gasteiger partial charge < -0.3 is 4.57 Å². The molecule has 0 aliphatic heterocycles. The monoisotopic (exact) mass is 935 g/mol. The van der Waals surface area contributed by atoms with Crippen LogP contribution in [0.5, 0.6) is 0 Å². The lowest BCUT2D eigenvalue weighted by molar-refractivity contribution is 0.893. The van der Waals surface area contributed by atoms with E-state index in [9.17, 15) is 5.26 Å². The molecule has 7 nitrogen and oxygen atoms in total. The first kappa shape index (κ1) is 41.3. The molecule has 0 saturated carbocycles. The van der Waals surface area contributed by atoms with Crippen molar-refractivity contribution in [1.29, 1.82) is 5.26 Å². The molecular weight excluding hydrogens is 895 g/mol. The van der Waals surface area contributed by atoms with Crippen LogP contribution in [-0.4, -0.2) is 36.7 Å². The van der Waals surface area contributed by atoms with E-state index in [4.69, 9.17) is 15.0 Å². The fourth-order valence-electron chi connectivity index (χ4n) is 11.4. The first-order valence-electron chi connectivity index (χ1n) is 24.2. The molecule has 0 fully saturated rings. The van der Waals surface area contributed by atoms with E-state index in [1.807, 2.05) is 30.3 Å². The van der Waals surface area contributed by atoms with Crippen molar-refractivity contribution >= 4 is 94.2 Å². The highest BCUT2D eigenvalue weighted by atomic mass is 28.3. The maximum absolute atomic E-state index is 10.0. The van der Waals surface area contributed by atoms with Crippen LogP contribution in [0.15, 0.2) is 249 Å². The van der Waals surface area contributed by atoms with Crippen LogP contribution in [0.4, 0.5) is 0 Å². The third-order valence-corrected chi connectivity index (χ3v) is 19.3. The van der Waals surface area contributed by atoms with Gasteiger partial charge in [-0.05, 0) is 81.4 Å². The Hall–Kier alpha value is -9.68. The molecule has 14 aromatic rings. The van der Waals surface area contributed by atoms with Gasteiger partial charge in [0.15, 0.2) is 13.9 Å². The van der Waals surface area contributed by atoms with E-state index in [0.29, 0.717) is 23.3 Å². The van der Waals surface area contributed by atoms with E-state index in [1.54, 1.807) is 0 Å². The number of rotatable bonds is 8. The molecule has 72 heavy (non-hydrogen) atoms. The van der Waals surface area contributed by atoms with Gasteiger partial charge in [0, 0.05) is 43.6 Å². The maximum Gasteiger partial charge on any atom is 0.240 e. The van der Waals surface area contributed by atoms with Gasteiger partial charge >= 0.3 is 0 Å². The summed E-state index contributed by atoms with van der Waals surface area (Å²) >= 11 is 0. The number of aromatic nitrogens is 6. The normalized spacial score (nSPS) is 11.9. The van der Waals surface area contributed by atoms with Crippen molar-refractivity contribution in [3.63, 3.8) is 0 Å². The predicted molar refractivity (Wildman–Crippen MR) is 297 cm³/mol. The fourth-order valence-corrected chi connectivity index (χ4v) is 16.2. The second kappa shape index (κ2) is 16.5. The summed E-state index contributed by atoms with van der Waals surface area (Å²) in [4.78, 5) is 16.5.